The highest BCUT2D eigenvalue weighted by molar-refractivity contribution is 7.89. The van der Waals surface area contributed by atoms with E-state index in [0.29, 0.717) is 18.9 Å². The predicted molar refractivity (Wildman–Crippen MR) is 73.0 cm³/mol. The fraction of sp³-hybridized carbons (Fsp3) is 0.500. The maximum Gasteiger partial charge on any atom is 0.243 e. The van der Waals surface area contributed by atoms with Crippen molar-refractivity contribution in [2.24, 2.45) is 5.84 Å². The van der Waals surface area contributed by atoms with Gasteiger partial charge in [0.25, 0.3) is 0 Å². The third-order valence-corrected chi connectivity index (χ3v) is 4.85. The van der Waals surface area contributed by atoms with E-state index in [4.69, 9.17) is 10.6 Å². The Hall–Kier alpha value is -1.15. The molecule has 1 aliphatic heterocycles. The van der Waals surface area contributed by atoms with Crippen LogP contribution in [0.25, 0.3) is 0 Å². The largest absolute Gasteiger partial charge is 0.380 e. The summed E-state index contributed by atoms with van der Waals surface area (Å²) >= 11 is 0. The Morgan fingerprint density at radius 2 is 2.11 bits per heavy atom. The Morgan fingerprint density at radius 3 is 2.74 bits per heavy atom. The third kappa shape index (κ3) is 3.24. The van der Waals surface area contributed by atoms with E-state index in [0.717, 1.165) is 12.8 Å². The molecule has 0 aromatic heterocycles. The molecule has 0 bridgehead atoms. The lowest BCUT2D eigenvalue weighted by Gasteiger charge is -2.34. The van der Waals surface area contributed by atoms with Gasteiger partial charge in [0.05, 0.1) is 17.8 Å². The third-order valence-electron chi connectivity index (χ3n) is 3.15. The van der Waals surface area contributed by atoms with Crippen molar-refractivity contribution in [2.75, 3.05) is 18.6 Å². The number of hydrogen-bond donors (Lipinski definition) is 3. The molecule has 0 amide bonds. The molecule has 4 N–H and O–H groups in total. The number of nitrogens with two attached hydrogens (primary N) is 1. The van der Waals surface area contributed by atoms with E-state index in [9.17, 15) is 8.42 Å². The fourth-order valence-electron chi connectivity index (χ4n) is 2.21. The van der Waals surface area contributed by atoms with E-state index >= 15 is 0 Å². The summed E-state index contributed by atoms with van der Waals surface area (Å²) in [5.41, 5.74) is 2.20. The lowest BCUT2D eigenvalue weighted by atomic mass is 9.97. The molecule has 1 aromatic carbocycles. The molecule has 7 heteroatoms. The molecule has 1 aliphatic rings. The number of para-hydroxylation sites is 1. The molecule has 19 heavy (non-hydrogen) atoms. The molecule has 1 atom stereocenters. The van der Waals surface area contributed by atoms with Crippen LogP contribution in [0.15, 0.2) is 29.2 Å². The van der Waals surface area contributed by atoms with Gasteiger partial charge in [-0.05, 0) is 31.9 Å². The number of benzene rings is 1. The number of ether oxygens (including phenoxy) is 1. The van der Waals surface area contributed by atoms with Crippen molar-refractivity contribution < 1.29 is 13.2 Å². The molecule has 0 aliphatic carbocycles. The Morgan fingerprint density at radius 1 is 1.37 bits per heavy atom. The number of hydrazine groups is 1. The summed E-state index contributed by atoms with van der Waals surface area (Å²) in [6, 6.07) is 6.52. The van der Waals surface area contributed by atoms with Gasteiger partial charge in [0.2, 0.25) is 10.0 Å². The van der Waals surface area contributed by atoms with Crippen molar-refractivity contribution in [3.63, 3.8) is 0 Å². The van der Waals surface area contributed by atoms with Crippen LogP contribution in [0.2, 0.25) is 0 Å². The van der Waals surface area contributed by atoms with Gasteiger partial charge >= 0.3 is 0 Å². The van der Waals surface area contributed by atoms with E-state index in [2.05, 4.69) is 10.1 Å². The van der Waals surface area contributed by atoms with Gasteiger partial charge in [-0.25, -0.2) is 13.1 Å². The highest BCUT2D eigenvalue weighted by Gasteiger charge is 2.33. The minimum atomic E-state index is -3.63. The lowest BCUT2D eigenvalue weighted by molar-refractivity contribution is 0.0386. The Kier molecular flexibility index (Phi) is 4.10. The minimum Gasteiger partial charge on any atom is -0.380 e. The molecular weight excluding hydrogens is 266 g/mol. The zero-order valence-electron chi connectivity index (χ0n) is 10.8. The van der Waals surface area contributed by atoms with Crippen molar-refractivity contribution in [1.29, 1.82) is 0 Å². The van der Waals surface area contributed by atoms with Crippen LogP contribution >= 0.6 is 0 Å². The minimum absolute atomic E-state index is 0.143. The van der Waals surface area contributed by atoms with Gasteiger partial charge in [0, 0.05) is 6.61 Å². The number of nitrogen functional groups attached to an aromatic ring is 1. The molecule has 106 valence electrons. The second-order valence-corrected chi connectivity index (χ2v) is 6.61. The number of anilines is 1. The smallest absolute Gasteiger partial charge is 0.243 e. The summed E-state index contributed by atoms with van der Waals surface area (Å²) in [5.74, 6) is 5.35. The van der Waals surface area contributed by atoms with Crippen LogP contribution in [0, 0.1) is 0 Å². The summed E-state index contributed by atoms with van der Waals surface area (Å²) in [4.78, 5) is 0.143. The van der Waals surface area contributed by atoms with Crippen LogP contribution in [0.1, 0.15) is 19.8 Å². The van der Waals surface area contributed by atoms with Gasteiger partial charge in [-0.15, -0.1) is 0 Å². The summed E-state index contributed by atoms with van der Waals surface area (Å²) in [7, 11) is -3.63. The topological polar surface area (TPSA) is 93.5 Å². The SMILES string of the molecule is CC1(NS(=O)(=O)c2ccccc2NN)CCCOC1. The van der Waals surface area contributed by atoms with E-state index in [1.54, 1.807) is 18.2 Å². The molecule has 2 rings (SSSR count). The van der Waals surface area contributed by atoms with E-state index < -0.39 is 15.6 Å². The van der Waals surface area contributed by atoms with Gasteiger partial charge in [0.15, 0.2) is 0 Å². The normalized spacial score (nSPS) is 24.1. The van der Waals surface area contributed by atoms with Crippen LogP contribution < -0.4 is 16.0 Å². The summed E-state index contributed by atoms with van der Waals surface area (Å²) < 4.78 is 32.9. The molecule has 1 unspecified atom stereocenters. The molecule has 0 spiro atoms. The molecule has 1 saturated heterocycles. The summed E-state index contributed by atoms with van der Waals surface area (Å²) in [6.45, 7) is 2.91. The summed E-state index contributed by atoms with van der Waals surface area (Å²) in [5, 5.41) is 0. The van der Waals surface area contributed by atoms with Crippen LogP contribution in [-0.4, -0.2) is 27.2 Å². The van der Waals surface area contributed by atoms with Gasteiger partial charge in [-0.1, -0.05) is 12.1 Å². The maximum atomic E-state index is 12.4. The van der Waals surface area contributed by atoms with E-state index in [-0.39, 0.29) is 4.90 Å². The van der Waals surface area contributed by atoms with Crippen LogP contribution in [0.4, 0.5) is 5.69 Å². The summed E-state index contributed by atoms with van der Waals surface area (Å²) in [6.07, 6.45) is 1.60. The number of rotatable bonds is 4. The van der Waals surface area contributed by atoms with Gasteiger partial charge in [-0.2, -0.15) is 0 Å². The first kappa shape index (κ1) is 14.3. The first-order valence-corrected chi connectivity index (χ1v) is 7.63. The van der Waals surface area contributed by atoms with Crippen LogP contribution in [0.3, 0.4) is 0 Å². The van der Waals surface area contributed by atoms with Crippen LogP contribution in [0.5, 0.6) is 0 Å². The lowest BCUT2D eigenvalue weighted by Crippen LogP contribution is -2.51. The first-order chi connectivity index (χ1) is 8.97. The van der Waals surface area contributed by atoms with Crippen molar-refractivity contribution in [1.82, 2.24) is 4.72 Å². The number of sulfonamides is 1. The molecule has 0 radical (unpaired) electrons. The van der Waals surface area contributed by atoms with Gasteiger partial charge in [0.1, 0.15) is 4.90 Å². The molecular formula is C12H19N3O3S. The molecule has 1 aromatic rings. The highest BCUT2D eigenvalue weighted by atomic mass is 32.2. The average Bonchev–Trinajstić information content (AvgIpc) is 2.38. The van der Waals surface area contributed by atoms with Crippen molar-refractivity contribution >= 4 is 15.7 Å². The van der Waals surface area contributed by atoms with Crippen molar-refractivity contribution in [3.05, 3.63) is 24.3 Å². The molecule has 0 saturated carbocycles. The first-order valence-electron chi connectivity index (χ1n) is 6.14. The van der Waals surface area contributed by atoms with E-state index in [1.807, 2.05) is 6.92 Å². The Balaban J connectivity index is 2.27. The predicted octanol–water partition coefficient (Wildman–Crippen LogP) is 0.820. The fourth-order valence-corrected chi connectivity index (χ4v) is 3.81. The zero-order valence-corrected chi connectivity index (χ0v) is 11.7. The average molecular weight is 285 g/mol. The standard InChI is InChI=1S/C12H19N3O3S/c1-12(7-4-8-18-9-12)15-19(16,17)11-6-3-2-5-10(11)14-13/h2-3,5-6,14-15H,4,7-9,13H2,1H3. The van der Waals surface area contributed by atoms with Gasteiger partial charge in [-0.3, -0.25) is 5.84 Å². The number of hydrogen-bond acceptors (Lipinski definition) is 5. The monoisotopic (exact) mass is 285 g/mol. The quantitative estimate of drug-likeness (QED) is 0.562. The van der Waals surface area contributed by atoms with Crippen molar-refractivity contribution in [3.8, 4) is 0 Å². The van der Waals surface area contributed by atoms with Gasteiger partial charge < -0.3 is 10.2 Å². The van der Waals surface area contributed by atoms with E-state index in [1.165, 1.54) is 6.07 Å². The second kappa shape index (κ2) is 5.46. The second-order valence-electron chi connectivity index (χ2n) is 4.96. The Bertz CT molecular complexity index is 539. The molecule has 1 heterocycles. The molecule has 1 fully saturated rings. The van der Waals surface area contributed by atoms with Crippen LogP contribution in [-0.2, 0) is 14.8 Å². The number of nitrogens with one attached hydrogen (secondary N) is 2. The maximum absolute atomic E-state index is 12.4. The zero-order chi connectivity index (χ0) is 13.9. The van der Waals surface area contributed by atoms with Crippen molar-refractivity contribution in [2.45, 2.75) is 30.2 Å². The Labute approximate surface area is 113 Å². The molecule has 6 nitrogen and oxygen atoms in total. The highest BCUT2D eigenvalue weighted by Crippen LogP contribution is 2.25.